The van der Waals surface area contributed by atoms with Crippen molar-refractivity contribution in [2.45, 2.75) is 0 Å². The summed E-state index contributed by atoms with van der Waals surface area (Å²) >= 11 is 0. The van der Waals surface area contributed by atoms with Crippen LogP contribution < -0.4 is 4.90 Å². The quantitative estimate of drug-likeness (QED) is 0.155. The van der Waals surface area contributed by atoms with Crippen LogP contribution in [0.2, 0.25) is 0 Å². The molecule has 1 nitrogen and oxygen atoms in total. The number of hydrogen-bond acceptors (Lipinski definition) is 1. The smallest absolute Gasteiger partial charge is 0.0645 e. The van der Waals surface area contributed by atoms with Crippen LogP contribution in [0.5, 0.6) is 0 Å². The topological polar surface area (TPSA) is 3.24 Å². The molecule has 240 valence electrons. The van der Waals surface area contributed by atoms with Gasteiger partial charge in [-0.15, -0.1) is 0 Å². The van der Waals surface area contributed by atoms with Crippen LogP contribution in [0.15, 0.2) is 212 Å². The molecule has 51 heavy (non-hydrogen) atoms. The lowest BCUT2D eigenvalue weighted by Gasteiger charge is -2.26. The molecule has 0 N–H and O–H groups in total. The molecule has 9 aromatic rings. The van der Waals surface area contributed by atoms with E-state index < -0.39 is 0 Å². The molecule has 9 aromatic carbocycles. The molecule has 0 heterocycles. The predicted molar refractivity (Wildman–Crippen MR) is 218 cm³/mol. The van der Waals surface area contributed by atoms with E-state index in [0.717, 1.165) is 28.1 Å². The SMILES string of the molecule is [2H]c1c([2H])c(N(c2ccccc2)c2ccc(-c3ccc4c(c3)c(-c3ccccc3)c(-c3ccccc3)c3ccccc34)cc2)c([2H])c([2H])c1-c1ccccc1. The maximum absolute atomic E-state index is 9.20. The van der Waals surface area contributed by atoms with Crippen molar-refractivity contribution < 1.29 is 5.48 Å². The highest BCUT2D eigenvalue weighted by Crippen LogP contribution is 2.45. The zero-order valence-corrected chi connectivity index (χ0v) is 27.8. The Morgan fingerprint density at radius 2 is 0.706 bits per heavy atom. The lowest BCUT2D eigenvalue weighted by atomic mass is 9.84. The van der Waals surface area contributed by atoms with Crippen molar-refractivity contribution in [1.29, 1.82) is 0 Å². The molecule has 0 spiro atoms. The van der Waals surface area contributed by atoms with Gasteiger partial charge in [0, 0.05) is 17.1 Å². The summed E-state index contributed by atoms with van der Waals surface area (Å²) in [6, 6.07) is 63.2. The highest BCUT2D eigenvalue weighted by molar-refractivity contribution is 6.22. The Morgan fingerprint density at radius 1 is 0.275 bits per heavy atom. The van der Waals surface area contributed by atoms with Crippen molar-refractivity contribution in [3.05, 3.63) is 212 Å². The predicted octanol–water partition coefficient (Wildman–Crippen LogP) is 14.1. The lowest BCUT2D eigenvalue weighted by Crippen LogP contribution is -2.09. The van der Waals surface area contributed by atoms with Gasteiger partial charge >= 0.3 is 0 Å². The first kappa shape index (κ1) is 26.2. The number of fused-ring (bicyclic) bond motifs is 3. The molecule has 9 rings (SSSR count). The van der Waals surface area contributed by atoms with E-state index in [1.807, 2.05) is 77.7 Å². The average Bonchev–Trinajstić information content (AvgIpc) is 3.25. The van der Waals surface area contributed by atoms with Crippen LogP contribution in [0.4, 0.5) is 17.1 Å². The molecule has 0 aliphatic rings. The second kappa shape index (κ2) is 13.3. The van der Waals surface area contributed by atoms with E-state index >= 15 is 0 Å². The average molecular weight is 654 g/mol. The first-order valence-corrected chi connectivity index (χ1v) is 17.2. The van der Waals surface area contributed by atoms with Gasteiger partial charge in [-0.3, -0.25) is 0 Å². The minimum absolute atomic E-state index is 0.0764. The van der Waals surface area contributed by atoms with E-state index in [-0.39, 0.29) is 35.4 Å². The van der Waals surface area contributed by atoms with Gasteiger partial charge in [0.05, 0.1) is 5.48 Å². The molecular formula is C50H35N. The standard InChI is InChI=1S/C50H35N/c1-5-15-36(16-6-1)37-25-30-43(31-26-37)51(42-21-11-4-12-22-42)44-32-27-38(28-33-44)41-29-34-46-45-23-13-14-24-47(45)49(39-17-7-2-8-18-39)50(48(46)35-41)40-19-9-3-10-20-40/h1-35H/i25D,26D,30D,31D. The van der Waals surface area contributed by atoms with E-state index in [4.69, 9.17) is 2.74 Å². The van der Waals surface area contributed by atoms with E-state index in [2.05, 4.69) is 115 Å². The molecule has 0 amide bonds. The van der Waals surface area contributed by atoms with Crippen LogP contribution in [0, 0.1) is 0 Å². The third-order valence-electron chi connectivity index (χ3n) is 9.52. The van der Waals surface area contributed by atoms with Crippen molar-refractivity contribution in [2.24, 2.45) is 0 Å². The van der Waals surface area contributed by atoms with Gasteiger partial charge in [0.1, 0.15) is 0 Å². The number of para-hydroxylation sites is 1. The highest BCUT2D eigenvalue weighted by atomic mass is 15.1. The van der Waals surface area contributed by atoms with Gasteiger partial charge in [0.15, 0.2) is 0 Å². The van der Waals surface area contributed by atoms with E-state index in [1.165, 1.54) is 38.2 Å². The molecular weight excluding hydrogens is 615 g/mol. The summed E-state index contributed by atoms with van der Waals surface area (Å²) in [6.45, 7) is 0. The highest BCUT2D eigenvalue weighted by Gasteiger charge is 2.18. The summed E-state index contributed by atoms with van der Waals surface area (Å²) in [6.07, 6.45) is 0. The molecule has 0 saturated carbocycles. The van der Waals surface area contributed by atoms with Crippen molar-refractivity contribution in [3.63, 3.8) is 0 Å². The van der Waals surface area contributed by atoms with Crippen molar-refractivity contribution in [2.75, 3.05) is 4.90 Å². The van der Waals surface area contributed by atoms with Gasteiger partial charge in [-0.25, -0.2) is 0 Å². The minimum atomic E-state index is -0.0998. The Balaban J connectivity index is 1.21. The van der Waals surface area contributed by atoms with Gasteiger partial charge in [0.2, 0.25) is 0 Å². The second-order valence-corrected chi connectivity index (χ2v) is 12.6. The van der Waals surface area contributed by atoms with Gasteiger partial charge in [-0.2, -0.15) is 0 Å². The maximum atomic E-state index is 9.20. The first-order chi connectivity index (χ1) is 27.0. The van der Waals surface area contributed by atoms with Crippen LogP contribution in [-0.4, -0.2) is 0 Å². The van der Waals surface area contributed by atoms with Crippen LogP contribution in [0.1, 0.15) is 5.48 Å². The van der Waals surface area contributed by atoms with Crippen molar-refractivity contribution in [3.8, 4) is 44.5 Å². The maximum Gasteiger partial charge on any atom is 0.0645 e. The van der Waals surface area contributed by atoms with Crippen LogP contribution in [0.25, 0.3) is 66.1 Å². The Morgan fingerprint density at radius 3 is 1.31 bits per heavy atom. The largest absolute Gasteiger partial charge is 0.311 e. The summed E-state index contributed by atoms with van der Waals surface area (Å²) in [5, 5.41) is 4.77. The molecule has 0 aromatic heterocycles. The number of rotatable bonds is 7. The second-order valence-electron chi connectivity index (χ2n) is 12.6. The molecule has 0 bridgehead atoms. The zero-order valence-electron chi connectivity index (χ0n) is 31.8. The Hall–Kier alpha value is -6.70. The van der Waals surface area contributed by atoms with Gasteiger partial charge in [0.25, 0.3) is 0 Å². The molecule has 0 saturated heterocycles. The third kappa shape index (κ3) is 5.75. The molecule has 0 unspecified atom stereocenters. The van der Waals surface area contributed by atoms with Crippen LogP contribution >= 0.6 is 0 Å². The summed E-state index contributed by atoms with van der Waals surface area (Å²) in [4.78, 5) is 1.82. The summed E-state index contributed by atoms with van der Waals surface area (Å²) in [5.41, 5.74) is 9.41. The number of anilines is 3. The molecule has 1 heteroatoms. The van der Waals surface area contributed by atoms with Crippen molar-refractivity contribution in [1.82, 2.24) is 0 Å². The lowest BCUT2D eigenvalue weighted by molar-refractivity contribution is 1.28. The molecule has 0 atom stereocenters. The fourth-order valence-corrected chi connectivity index (χ4v) is 7.13. The Labute approximate surface area is 305 Å². The first-order valence-electron chi connectivity index (χ1n) is 19.2. The monoisotopic (exact) mass is 653 g/mol. The third-order valence-corrected chi connectivity index (χ3v) is 9.52. The molecule has 0 radical (unpaired) electrons. The van der Waals surface area contributed by atoms with Crippen molar-refractivity contribution >= 4 is 38.6 Å². The summed E-state index contributed by atoms with van der Waals surface area (Å²) < 4.78 is 36.5. The Kier molecular flexibility index (Phi) is 6.84. The Bertz CT molecular complexity index is 2790. The minimum Gasteiger partial charge on any atom is -0.311 e. The van der Waals surface area contributed by atoms with Gasteiger partial charge in [-0.05, 0) is 108 Å². The number of nitrogens with zero attached hydrogens (tertiary/aromatic N) is 1. The van der Waals surface area contributed by atoms with Crippen LogP contribution in [0.3, 0.4) is 0 Å². The number of benzene rings is 9. The van der Waals surface area contributed by atoms with Gasteiger partial charge < -0.3 is 4.90 Å². The zero-order chi connectivity index (χ0) is 37.5. The fraction of sp³-hybridized carbons (Fsp3) is 0. The molecule has 0 fully saturated rings. The normalized spacial score (nSPS) is 12.2. The number of hydrogen-bond donors (Lipinski definition) is 0. The summed E-state index contributed by atoms with van der Waals surface area (Å²) in [5.74, 6) is 0. The molecule has 0 aliphatic carbocycles. The summed E-state index contributed by atoms with van der Waals surface area (Å²) in [7, 11) is 0. The van der Waals surface area contributed by atoms with E-state index in [0.29, 0.717) is 5.56 Å². The van der Waals surface area contributed by atoms with Gasteiger partial charge in [-0.1, -0.05) is 170 Å². The van der Waals surface area contributed by atoms with E-state index in [9.17, 15) is 2.74 Å². The van der Waals surface area contributed by atoms with E-state index in [1.54, 1.807) is 0 Å². The van der Waals surface area contributed by atoms with Crippen LogP contribution in [-0.2, 0) is 0 Å². The molecule has 0 aliphatic heterocycles. The fourth-order valence-electron chi connectivity index (χ4n) is 7.13.